The number of benzene rings is 2. The van der Waals surface area contributed by atoms with Crippen LogP contribution in [0, 0.1) is 24.7 Å². The van der Waals surface area contributed by atoms with Gasteiger partial charge in [0, 0.05) is 16.5 Å². The lowest BCUT2D eigenvalue weighted by atomic mass is 9.77. The van der Waals surface area contributed by atoms with Crippen molar-refractivity contribution in [2.24, 2.45) is 0 Å². The van der Waals surface area contributed by atoms with Crippen molar-refractivity contribution in [2.45, 2.75) is 19.3 Å². The molecule has 2 rings (SSSR count). The molecule has 0 atom stereocenters. The van der Waals surface area contributed by atoms with Crippen molar-refractivity contribution in [1.29, 1.82) is 0 Å². The van der Waals surface area contributed by atoms with Gasteiger partial charge < -0.3 is 9.47 Å². The van der Waals surface area contributed by atoms with Gasteiger partial charge in [-0.15, -0.1) is 12.8 Å². The first-order chi connectivity index (χ1) is 11.1. The first-order valence-electron chi connectivity index (χ1n) is 7.42. The summed E-state index contributed by atoms with van der Waals surface area (Å²) in [6.45, 7) is 4.73. The van der Waals surface area contributed by atoms with Gasteiger partial charge in [0.2, 0.25) is 0 Å². The highest BCUT2D eigenvalue weighted by atomic mass is 16.5. The monoisotopic (exact) mass is 304 g/mol. The Morgan fingerprint density at radius 1 is 0.783 bits per heavy atom. The first-order valence-corrected chi connectivity index (χ1v) is 7.42. The molecule has 2 aromatic carbocycles. The average Bonchev–Trinajstić information content (AvgIpc) is 2.58. The largest absolute Gasteiger partial charge is 0.481 e. The van der Waals surface area contributed by atoms with Gasteiger partial charge in [0.25, 0.3) is 0 Å². The fraction of sp³-hybridized carbons (Fsp3) is 0.238. The standard InChI is InChI=1S/C21H20O2/c1-5-15-22-19-13-9-7-11-17(19)21(3,4)18-12-8-10-14-20(18)23-16-6-2/h1-2,7-14H,15-16H2,3-4H3. The third-order valence-electron chi connectivity index (χ3n) is 3.74. The van der Waals surface area contributed by atoms with E-state index in [0.29, 0.717) is 0 Å². The molecule has 0 amide bonds. The van der Waals surface area contributed by atoms with Crippen LogP contribution in [0.5, 0.6) is 11.5 Å². The summed E-state index contributed by atoms with van der Waals surface area (Å²) in [5.41, 5.74) is 1.77. The molecule has 116 valence electrons. The van der Waals surface area contributed by atoms with Crippen LogP contribution in [0.25, 0.3) is 0 Å². The van der Waals surface area contributed by atoms with Crippen molar-refractivity contribution < 1.29 is 9.47 Å². The molecule has 0 saturated carbocycles. The first kappa shape index (κ1) is 16.5. The summed E-state index contributed by atoms with van der Waals surface area (Å²) in [6.07, 6.45) is 10.6. The number of para-hydroxylation sites is 2. The molecule has 2 heteroatoms. The molecule has 0 saturated heterocycles. The van der Waals surface area contributed by atoms with Crippen molar-refractivity contribution in [3.63, 3.8) is 0 Å². The molecule has 0 radical (unpaired) electrons. The van der Waals surface area contributed by atoms with Crippen LogP contribution in [-0.4, -0.2) is 13.2 Å². The highest BCUT2D eigenvalue weighted by molar-refractivity contribution is 5.50. The van der Waals surface area contributed by atoms with Crippen LogP contribution < -0.4 is 9.47 Å². The Hall–Kier alpha value is -2.84. The summed E-state index contributed by atoms with van der Waals surface area (Å²) in [5, 5.41) is 0. The number of hydrogen-bond acceptors (Lipinski definition) is 2. The summed E-state index contributed by atoms with van der Waals surface area (Å²) < 4.78 is 11.4. The summed E-state index contributed by atoms with van der Waals surface area (Å²) in [4.78, 5) is 0. The maximum atomic E-state index is 5.71. The predicted molar refractivity (Wildman–Crippen MR) is 93.7 cm³/mol. The zero-order valence-corrected chi connectivity index (χ0v) is 13.5. The van der Waals surface area contributed by atoms with Gasteiger partial charge in [-0.05, 0) is 12.1 Å². The van der Waals surface area contributed by atoms with E-state index >= 15 is 0 Å². The molecule has 0 N–H and O–H groups in total. The minimum Gasteiger partial charge on any atom is -0.481 e. The molecule has 2 nitrogen and oxygen atoms in total. The molecule has 0 heterocycles. The zero-order valence-electron chi connectivity index (χ0n) is 13.5. The Morgan fingerprint density at radius 2 is 1.17 bits per heavy atom. The Balaban J connectivity index is 2.47. The van der Waals surface area contributed by atoms with Crippen molar-refractivity contribution in [3.8, 4) is 36.2 Å². The lowest BCUT2D eigenvalue weighted by molar-refractivity contribution is 0.349. The fourth-order valence-corrected chi connectivity index (χ4v) is 2.60. The Bertz CT molecular complexity index is 681. The fourth-order valence-electron chi connectivity index (χ4n) is 2.60. The molecule has 0 unspecified atom stereocenters. The predicted octanol–water partition coefficient (Wildman–Crippen LogP) is 4.04. The molecule has 0 aliphatic heterocycles. The Kier molecular flexibility index (Phi) is 5.34. The van der Waals surface area contributed by atoms with Gasteiger partial charge in [-0.2, -0.15) is 0 Å². The summed E-state index contributed by atoms with van der Waals surface area (Å²) in [5.74, 6) is 6.57. The molecule has 23 heavy (non-hydrogen) atoms. The summed E-state index contributed by atoms with van der Waals surface area (Å²) in [6, 6.07) is 15.8. The van der Waals surface area contributed by atoms with Crippen LogP contribution in [0.4, 0.5) is 0 Å². The van der Waals surface area contributed by atoms with Crippen LogP contribution in [0.3, 0.4) is 0 Å². The second kappa shape index (κ2) is 7.43. The van der Waals surface area contributed by atoms with Gasteiger partial charge >= 0.3 is 0 Å². The molecule has 2 aromatic rings. The van der Waals surface area contributed by atoms with Gasteiger partial charge in [0.1, 0.15) is 24.7 Å². The lowest BCUT2D eigenvalue weighted by Crippen LogP contribution is -2.21. The summed E-state index contributed by atoms with van der Waals surface area (Å²) >= 11 is 0. The van der Waals surface area contributed by atoms with E-state index in [4.69, 9.17) is 22.3 Å². The molecular formula is C21H20O2. The highest BCUT2D eigenvalue weighted by Crippen LogP contribution is 2.41. The Morgan fingerprint density at radius 3 is 1.57 bits per heavy atom. The number of rotatable bonds is 6. The molecule has 0 fully saturated rings. The van der Waals surface area contributed by atoms with Crippen molar-refractivity contribution in [2.75, 3.05) is 13.2 Å². The maximum absolute atomic E-state index is 5.71. The van der Waals surface area contributed by atoms with E-state index in [0.717, 1.165) is 22.6 Å². The average molecular weight is 304 g/mol. The number of ether oxygens (including phenoxy) is 2. The third-order valence-corrected chi connectivity index (χ3v) is 3.74. The lowest BCUT2D eigenvalue weighted by Gasteiger charge is -2.29. The van der Waals surface area contributed by atoms with E-state index < -0.39 is 0 Å². The second-order valence-corrected chi connectivity index (χ2v) is 5.60. The smallest absolute Gasteiger partial charge is 0.148 e. The van der Waals surface area contributed by atoms with E-state index in [1.807, 2.05) is 48.5 Å². The molecule has 0 bridgehead atoms. The second-order valence-electron chi connectivity index (χ2n) is 5.60. The van der Waals surface area contributed by atoms with E-state index in [9.17, 15) is 0 Å². The van der Waals surface area contributed by atoms with E-state index in [1.165, 1.54) is 0 Å². The Labute approximate surface area is 138 Å². The van der Waals surface area contributed by atoms with Gasteiger partial charge in [-0.25, -0.2) is 0 Å². The molecule has 0 aliphatic rings. The number of terminal acetylenes is 2. The SMILES string of the molecule is C#CCOc1ccccc1C(C)(C)c1ccccc1OCC#C. The van der Waals surface area contributed by atoms with Crippen LogP contribution >= 0.6 is 0 Å². The van der Waals surface area contributed by atoms with Crippen LogP contribution in [0.1, 0.15) is 25.0 Å². The molecule has 0 spiro atoms. The van der Waals surface area contributed by atoms with Crippen molar-refractivity contribution >= 4 is 0 Å². The highest BCUT2D eigenvalue weighted by Gasteiger charge is 2.29. The molecule has 0 aliphatic carbocycles. The van der Waals surface area contributed by atoms with Crippen LogP contribution in [0.2, 0.25) is 0 Å². The van der Waals surface area contributed by atoms with E-state index in [1.54, 1.807) is 0 Å². The van der Waals surface area contributed by atoms with Crippen molar-refractivity contribution in [1.82, 2.24) is 0 Å². The zero-order chi connectivity index (χ0) is 16.7. The quantitative estimate of drug-likeness (QED) is 0.750. The minimum atomic E-state index is -0.323. The van der Waals surface area contributed by atoms with E-state index in [-0.39, 0.29) is 18.6 Å². The third kappa shape index (κ3) is 3.68. The molecular weight excluding hydrogens is 284 g/mol. The summed E-state index contributed by atoms with van der Waals surface area (Å²) in [7, 11) is 0. The van der Waals surface area contributed by atoms with Crippen LogP contribution in [-0.2, 0) is 5.41 Å². The van der Waals surface area contributed by atoms with Gasteiger partial charge in [-0.3, -0.25) is 0 Å². The number of hydrogen-bond donors (Lipinski definition) is 0. The van der Waals surface area contributed by atoms with Gasteiger partial charge in [0.15, 0.2) is 0 Å². The van der Waals surface area contributed by atoms with Crippen LogP contribution in [0.15, 0.2) is 48.5 Å². The topological polar surface area (TPSA) is 18.5 Å². The normalized spacial score (nSPS) is 10.4. The van der Waals surface area contributed by atoms with Gasteiger partial charge in [-0.1, -0.05) is 62.1 Å². The van der Waals surface area contributed by atoms with Gasteiger partial charge in [0.05, 0.1) is 0 Å². The van der Waals surface area contributed by atoms with E-state index in [2.05, 4.69) is 25.7 Å². The minimum absolute atomic E-state index is 0.238. The maximum Gasteiger partial charge on any atom is 0.148 e. The van der Waals surface area contributed by atoms with Crippen molar-refractivity contribution in [3.05, 3.63) is 59.7 Å². The molecule has 0 aromatic heterocycles.